The summed E-state index contributed by atoms with van der Waals surface area (Å²) >= 11 is 1.19. The molecule has 0 fully saturated rings. The van der Waals surface area contributed by atoms with Crippen LogP contribution in [0.1, 0.15) is 15.9 Å². The highest BCUT2D eigenvalue weighted by atomic mass is 32.2. The number of carbonyl (C=O) groups excluding carboxylic acids is 2. The molecule has 0 aliphatic heterocycles. The van der Waals surface area contributed by atoms with Crippen molar-refractivity contribution in [2.45, 2.75) is 12.1 Å². The van der Waals surface area contributed by atoms with E-state index in [1.54, 1.807) is 24.3 Å². The number of thioether (sulfide) groups is 1. The van der Waals surface area contributed by atoms with E-state index < -0.39 is 5.97 Å². The van der Waals surface area contributed by atoms with Crippen LogP contribution in [0.2, 0.25) is 0 Å². The third-order valence-electron chi connectivity index (χ3n) is 3.97. The lowest BCUT2D eigenvalue weighted by atomic mass is 10.1. The van der Waals surface area contributed by atoms with E-state index in [4.69, 9.17) is 5.84 Å². The number of rotatable bonds is 6. The van der Waals surface area contributed by atoms with Crippen LogP contribution < -0.4 is 11.2 Å². The number of aromatic nitrogens is 3. The van der Waals surface area contributed by atoms with Crippen molar-refractivity contribution in [2.75, 3.05) is 24.0 Å². The van der Waals surface area contributed by atoms with E-state index >= 15 is 0 Å². The van der Waals surface area contributed by atoms with Crippen LogP contribution in [-0.2, 0) is 9.53 Å². The van der Waals surface area contributed by atoms with Crippen LogP contribution in [0.15, 0.2) is 53.7 Å². The second kappa shape index (κ2) is 8.57. The van der Waals surface area contributed by atoms with Gasteiger partial charge in [-0.25, -0.2) is 9.47 Å². The summed E-state index contributed by atoms with van der Waals surface area (Å²) in [5, 5.41) is 11.4. The molecule has 1 aromatic heterocycles. The number of benzene rings is 2. The molecule has 0 aliphatic rings. The number of nitrogens with two attached hydrogens (primary N) is 1. The number of methoxy groups -OCH3 is 1. The van der Waals surface area contributed by atoms with Gasteiger partial charge >= 0.3 is 5.97 Å². The average Bonchev–Trinajstić information content (AvgIpc) is 3.07. The molecule has 144 valence electrons. The van der Waals surface area contributed by atoms with Gasteiger partial charge in [0.1, 0.15) is 0 Å². The second-order valence-electron chi connectivity index (χ2n) is 5.90. The number of hydrogen-bond donors (Lipinski definition) is 2. The molecule has 28 heavy (non-hydrogen) atoms. The van der Waals surface area contributed by atoms with Gasteiger partial charge in [-0.15, -0.1) is 10.2 Å². The van der Waals surface area contributed by atoms with Crippen LogP contribution in [0.4, 0.5) is 5.69 Å². The molecule has 0 atom stereocenters. The molecule has 0 saturated carbocycles. The molecule has 2 aromatic carbocycles. The molecule has 0 unspecified atom stereocenters. The standard InChI is InChI=1S/C19H19N5O3S/c1-12-5-3-4-6-15(12)17-22-23-19(24(17)20)28-11-16(25)21-14-9-7-13(8-10-14)18(26)27-2/h3-10H,11,20H2,1-2H3,(H,21,25). The third-order valence-corrected chi connectivity index (χ3v) is 4.92. The largest absolute Gasteiger partial charge is 0.465 e. The lowest BCUT2D eigenvalue weighted by molar-refractivity contribution is -0.113. The number of aryl methyl sites for hydroxylation is 1. The van der Waals surface area contributed by atoms with E-state index in [0.29, 0.717) is 22.2 Å². The van der Waals surface area contributed by atoms with Crippen molar-refractivity contribution < 1.29 is 14.3 Å². The third kappa shape index (κ3) is 4.32. The molecule has 3 rings (SSSR count). The Morgan fingerprint density at radius 1 is 1.14 bits per heavy atom. The summed E-state index contributed by atoms with van der Waals surface area (Å²) < 4.78 is 6.02. The predicted molar refractivity (Wildman–Crippen MR) is 107 cm³/mol. The summed E-state index contributed by atoms with van der Waals surface area (Å²) in [4.78, 5) is 23.6. The fourth-order valence-electron chi connectivity index (χ4n) is 2.52. The summed E-state index contributed by atoms with van der Waals surface area (Å²) in [7, 11) is 1.32. The SMILES string of the molecule is COC(=O)c1ccc(NC(=O)CSc2nnc(-c3ccccc3C)n2N)cc1. The average molecular weight is 397 g/mol. The molecule has 0 aliphatic carbocycles. The van der Waals surface area contributed by atoms with Gasteiger partial charge in [-0.2, -0.15) is 0 Å². The van der Waals surface area contributed by atoms with E-state index in [-0.39, 0.29) is 11.7 Å². The van der Waals surface area contributed by atoms with E-state index in [9.17, 15) is 9.59 Å². The maximum atomic E-state index is 12.2. The molecule has 8 nitrogen and oxygen atoms in total. The number of nitrogens with zero attached hydrogens (tertiary/aromatic N) is 3. The normalized spacial score (nSPS) is 10.5. The fraction of sp³-hybridized carbons (Fsp3) is 0.158. The lowest BCUT2D eigenvalue weighted by Crippen LogP contribution is -2.16. The smallest absolute Gasteiger partial charge is 0.337 e. The molecule has 3 N–H and O–H groups in total. The Morgan fingerprint density at radius 2 is 1.86 bits per heavy atom. The van der Waals surface area contributed by atoms with Crippen LogP contribution in [0.25, 0.3) is 11.4 Å². The Hall–Kier alpha value is -3.33. The van der Waals surface area contributed by atoms with Crippen molar-refractivity contribution >= 4 is 29.3 Å². The van der Waals surface area contributed by atoms with Gasteiger partial charge in [0.05, 0.1) is 18.4 Å². The first-order valence-corrected chi connectivity index (χ1v) is 9.35. The van der Waals surface area contributed by atoms with Gasteiger partial charge in [0.25, 0.3) is 0 Å². The van der Waals surface area contributed by atoms with Crippen LogP contribution in [0, 0.1) is 6.92 Å². The molecular weight excluding hydrogens is 378 g/mol. The van der Waals surface area contributed by atoms with Crippen molar-refractivity contribution in [2.24, 2.45) is 0 Å². The van der Waals surface area contributed by atoms with Gasteiger partial charge in [0.2, 0.25) is 11.1 Å². The summed E-state index contributed by atoms with van der Waals surface area (Å²) in [6.45, 7) is 1.97. The Kier molecular flexibility index (Phi) is 5.95. The minimum absolute atomic E-state index is 0.113. The van der Waals surface area contributed by atoms with Gasteiger partial charge < -0.3 is 15.9 Å². The minimum Gasteiger partial charge on any atom is -0.465 e. The Morgan fingerprint density at radius 3 is 2.54 bits per heavy atom. The lowest BCUT2D eigenvalue weighted by Gasteiger charge is -2.07. The molecule has 1 heterocycles. The molecule has 0 saturated heterocycles. The maximum Gasteiger partial charge on any atom is 0.337 e. The van der Waals surface area contributed by atoms with E-state index in [1.807, 2.05) is 31.2 Å². The first-order chi connectivity index (χ1) is 13.5. The number of amides is 1. The minimum atomic E-state index is -0.430. The summed E-state index contributed by atoms with van der Waals surface area (Å²) in [6.07, 6.45) is 0. The number of anilines is 1. The van der Waals surface area contributed by atoms with Crippen molar-refractivity contribution in [1.29, 1.82) is 0 Å². The van der Waals surface area contributed by atoms with Crippen LogP contribution in [-0.4, -0.2) is 39.6 Å². The number of ether oxygens (including phenoxy) is 1. The van der Waals surface area contributed by atoms with E-state index in [0.717, 1.165) is 11.1 Å². The van der Waals surface area contributed by atoms with Crippen LogP contribution in [0.3, 0.4) is 0 Å². The number of nitrogens with one attached hydrogen (secondary N) is 1. The Balaban J connectivity index is 1.61. The number of esters is 1. The van der Waals surface area contributed by atoms with Gasteiger partial charge in [0, 0.05) is 11.3 Å². The first kappa shape index (κ1) is 19.4. The van der Waals surface area contributed by atoms with Crippen LogP contribution >= 0.6 is 11.8 Å². The predicted octanol–water partition coefficient (Wildman–Crippen LogP) is 2.48. The molecule has 3 aromatic rings. The number of carbonyl (C=O) groups is 2. The molecular formula is C19H19N5O3S. The molecule has 0 radical (unpaired) electrons. The molecule has 0 bridgehead atoms. The van der Waals surface area contributed by atoms with Gasteiger partial charge in [-0.1, -0.05) is 36.0 Å². The second-order valence-corrected chi connectivity index (χ2v) is 6.84. The fourth-order valence-corrected chi connectivity index (χ4v) is 3.17. The van der Waals surface area contributed by atoms with Gasteiger partial charge in [-0.3, -0.25) is 4.79 Å². The van der Waals surface area contributed by atoms with Crippen molar-refractivity contribution in [1.82, 2.24) is 14.9 Å². The highest BCUT2D eigenvalue weighted by Gasteiger charge is 2.15. The highest BCUT2D eigenvalue weighted by Crippen LogP contribution is 2.24. The van der Waals surface area contributed by atoms with Crippen molar-refractivity contribution in [3.63, 3.8) is 0 Å². The molecule has 1 amide bonds. The Bertz CT molecular complexity index is 1000. The summed E-state index contributed by atoms with van der Waals surface area (Å²) in [6, 6.07) is 14.2. The zero-order chi connectivity index (χ0) is 20.1. The Labute approximate surface area is 166 Å². The number of hydrogen-bond acceptors (Lipinski definition) is 7. The monoisotopic (exact) mass is 397 g/mol. The zero-order valence-corrected chi connectivity index (χ0v) is 16.2. The first-order valence-electron chi connectivity index (χ1n) is 8.37. The summed E-state index contributed by atoms with van der Waals surface area (Å²) in [5.41, 5.74) is 2.91. The van der Waals surface area contributed by atoms with E-state index in [2.05, 4.69) is 20.3 Å². The van der Waals surface area contributed by atoms with Crippen LogP contribution in [0.5, 0.6) is 0 Å². The molecule has 0 spiro atoms. The van der Waals surface area contributed by atoms with Gasteiger partial charge in [0.15, 0.2) is 5.82 Å². The molecule has 9 heteroatoms. The highest BCUT2D eigenvalue weighted by molar-refractivity contribution is 7.99. The van der Waals surface area contributed by atoms with Crippen molar-refractivity contribution in [3.8, 4) is 11.4 Å². The maximum absolute atomic E-state index is 12.2. The van der Waals surface area contributed by atoms with E-state index in [1.165, 1.54) is 23.5 Å². The van der Waals surface area contributed by atoms with Crippen molar-refractivity contribution in [3.05, 3.63) is 59.7 Å². The summed E-state index contributed by atoms with van der Waals surface area (Å²) in [5.74, 6) is 6.09. The quantitative estimate of drug-likeness (QED) is 0.373. The van der Waals surface area contributed by atoms with Gasteiger partial charge in [-0.05, 0) is 36.8 Å². The number of nitrogen functional groups attached to an aromatic ring is 1. The topological polar surface area (TPSA) is 112 Å². The zero-order valence-electron chi connectivity index (χ0n) is 15.4.